The van der Waals surface area contributed by atoms with Crippen molar-refractivity contribution in [2.75, 3.05) is 7.11 Å². The molecule has 17 heavy (non-hydrogen) atoms. The van der Waals surface area contributed by atoms with Crippen molar-refractivity contribution in [3.8, 4) is 5.75 Å². The van der Waals surface area contributed by atoms with E-state index in [2.05, 4.69) is 8.92 Å². The Morgan fingerprint density at radius 2 is 2.06 bits per heavy atom. The Hall–Kier alpha value is -1.93. The van der Waals surface area contributed by atoms with Gasteiger partial charge in [-0.05, 0) is 18.2 Å². The summed E-state index contributed by atoms with van der Waals surface area (Å²) in [5, 5.41) is 0. The third-order valence-corrected chi connectivity index (χ3v) is 2.15. The van der Waals surface area contributed by atoms with Gasteiger partial charge in [-0.1, -0.05) is 0 Å². The first kappa shape index (κ1) is 13.1. The van der Waals surface area contributed by atoms with Crippen LogP contribution in [0.4, 0.5) is 0 Å². The molecule has 0 aliphatic heterocycles. The average Bonchev–Trinajstić information content (AvgIpc) is 2.25. The quantitative estimate of drug-likeness (QED) is 0.476. The molecule has 0 atom stereocenters. The Labute approximate surface area is 96.9 Å². The van der Waals surface area contributed by atoms with Gasteiger partial charge in [0, 0.05) is 0 Å². The van der Waals surface area contributed by atoms with Gasteiger partial charge in [0.25, 0.3) is 0 Å². The Bertz CT molecular complexity index is 546. The highest BCUT2D eigenvalue weighted by atomic mass is 32.3. The van der Waals surface area contributed by atoms with Crippen LogP contribution in [0.5, 0.6) is 5.75 Å². The Balaban J connectivity index is 3.24. The molecule has 1 aromatic rings. The fourth-order valence-corrected chi connectivity index (χ4v) is 1.43. The first-order chi connectivity index (χ1) is 7.87. The molecule has 0 saturated carbocycles. The summed E-state index contributed by atoms with van der Waals surface area (Å²) in [6.07, 6.45) is 0.321. The van der Waals surface area contributed by atoms with Crippen LogP contribution in [0.25, 0.3) is 0 Å². The van der Waals surface area contributed by atoms with E-state index in [1.54, 1.807) is 0 Å². The summed E-state index contributed by atoms with van der Waals surface area (Å²) < 4.78 is 38.1. The van der Waals surface area contributed by atoms with Gasteiger partial charge < -0.3 is 8.92 Å². The van der Waals surface area contributed by atoms with Crippen molar-refractivity contribution in [3.63, 3.8) is 0 Å². The van der Waals surface area contributed by atoms with E-state index in [0.29, 0.717) is 6.29 Å². The zero-order valence-electron chi connectivity index (χ0n) is 8.61. The highest BCUT2D eigenvalue weighted by Crippen LogP contribution is 2.20. The van der Waals surface area contributed by atoms with E-state index < -0.39 is 22.1 Å². The fraction of sp³-hybridized carbons (Fsp3) is 0.111. The number of carbonyl (C=O) groups excluding carboxylic acids is 2. The summed E-state index contributed by atoms with van der Waals surface area (Å²) >= 11 is 0. The smallest absolute Gasteiger partial charge is 0.446 e. The largest absolute Gasteiger partial charge is 0.465 e. The standard InChI is InChI=1S/C9H8O7S/c1-15-9(11)6-2-3-7(5-10)8(4-6)16-17(12,13)14/h2-5H,1H3,(H,12,13,14). The monoisotopic (exact) mass is 260 g/mol. The number of carbonyl (C=O) groups is 2. The topological polar surface area (TPSA) is 107 Å². The minimum Gasteiger partial charge on any atom is -0.465 e. The summed E-state index contributed by atoms with van der Waals surface area (Å²) in [7, 11) is -3.63. The maximum absolute atomic E-state index is 11.2. The lowest BCUT2D eigenvalue weighted by atomic mass is 10.1. The molecule has 0 unspecified atom stereocenters. The molecule has 1 rings (SSSR count). The number of methoxy groups -OCH3 is 1. The summed E-state index contributed by atoms with van der Waals surface area (Å²) in [5.41, 5.74) is -0.146. The number of aldehydes is 1. The number of rotatable bonds is 4. The minimum atomic E-state index is -4.77. The molecule has 0 fully saturated rings. The predicted molar refractivity (Wildman–Crippen MR) is 55.3 cm³/mol. The highest BCUT2D eigenvalue weighted by molar-refractivity contribution is 7.81. The van der Waals surface area contributed by atoms with Crippen LogP contribution >= 0.6 is 0 Å². The molecule has 0 aromatic heterocycles. The van der Waals surface area contributed by atoms with E-state index in [1.807, 2.05) is 0 Å². The maximum Gasteiger partial charge on any atom is 0.446 e. The Morgan fingerprint density at radius 3 is 2.53 bits per heavy atom. The molecule has 0 spiro atoms. The molecular weight excluding hydrogens is 252 g/mol. The lowest BCUT2D eigenvalue weighted by molar-refractivity contribution is 0.0600. The second kappa shape index (κ2) is 4.93. The van der Waals surface area contributed by atoms with E-state index >= 15 is 0 Å². The van der Waals surface area contributed by atoms with E-state index in [4.69, 9.17) is 4.55 Å². The van der Waals surface area contributed by atoms with Gasteiger partial charge in [0.1, 0.15) is 0 Å². The normalized spacial score (nSPS) is 10.7. The van der Waals surface area contributed by atoms with Gasteiger partial charge in [-0.15, -0.1) is 0 Å². The zero-order valence-corrected chi connectivity index (χ0v) is 9.43. The molecule has 0 saturated heterocycles. The third-order valence-electron chi connectivity index (χ3n) is 1.76. The number of benzene rings is 1. The van der Waals surface area contributed by atoms with Gasteiger partial charge in [-0.25, -0.2) is 4.79 Å². The molecule has 92 valence electrons. The SMILES string of the molecule is COC(=O)c1ccc(C=O)c(OS(=O)(=O)O)c1. The van der Waals surface area contributed by atoms with E-state index in [0.717, 1.165) is 13.2 Å². The second-order valence-electron chi connectivity index (χ2n) is 2.87. The molecule has 0 aliphatic carbocycles. The minimum absolute atomic E-state index is 0.0169. The van der Waals surface area contributed by atoms with Crippen LogP contribution in [0, 0.1) is 0 Å². The van der Waals surface area contributed by atoms with Crippen molar-refractivity contribution in [2.45, 2.75) is 0 Å². The Kier molecular flexibility index (Phi) is 3.81. The van der Waals surface area contributed by atoms with E-state index in [-0.39, 0.29) is 11.1 Å². The predicted octanol–water partition coefficient (Wildman–Crippen LogP) is 0.467. The molecule has 8 heteroatoms. The molecule has 0 bridgehead atoms. The van der Waals surface area contributed by atoms with Crippen LogP contribution in [0.2, 0.25) is 0 Å². The van der Waals surface area contributed by atoms with Crippen molar-refractivity contribution in [1.29, 1.82) is 0 Å². The van der Waals surface area contributed by atoms with Crippen LogP contribution in [0.3, 0.4) is 0 Å². The maximum atomic E-state index is 11.2. The zero-order chi connectivity index (χ0) is 13.1. The van der Waals surface area contributed by atoms with Crippen LogP contribution in [-0.2, 0) is 15.1 Å². The van der Waals surface area contributed by atoms with Crippen LogP contribution in [0.1, 0.15) is 20.7 Å². The molecule has 0 heterocycles. The van der Waals surface area contributed by atoms with Crippen molar-refractivity contribution in [1.82, 2.24) is 0 Å². The first-order valence-corrected chi connectivity index (χ1v) is 5.58. The molecule has 0 aliphatic rings. The van der Waals surface area contributed by atoms with Crippen LogP contribution in [-0.4, -0.2) is 32.3 Å². The summed E-state index contributed by atoms with van der Waals surface area (Å²) in [4.78, 5) is 21.7. The number of ether oxygens (including phenoxy) is 1. The van der Waals surface area contributed by atoms with Crippen molar-refractivity contribution in [2.24, 2.45) is 0 Å². The Morgan fingerprint density at radius 1 is 1.41 bits per heavy atom. The lowest BCUT2D eigenvalue weighted by Crippen LogP contribution is -2.10. The van der Waals surface area contributed by atoms with Crippen molar-refractivity contribution >= 4 is 22.7 Å². The lowest BCUT2D eigenvalue weighted by Gasteiger charge is -2.06. The summed E-state index contributed by atoms with van der Waals surface area (Å²) in [6.45, 7) is 0. The highest BCUT2D eigenvalue weighted by Gasteiger charge is 2.15. The average molecular weight is 260 g/mol. The molecular formula is C9H8O7S. The molecule has 1 N–H and O–H groups in total. The van der Waals surface area contributed by atoms with E-state index in [1.165, 1.54) is 12.1 Å². The van der Waals surface area contributed by atoms with Gasteiger partial charge in [-0.2, -0.15) is 8.42 Å². The number of hydrogen-bond donors (Lipinski definition) is 1. The molecule has 7 nitrogen and oxygen atoms in total. The summed E-state index contributed by atoms with van der Waals surface area (Å²) in [5.74, 6) is -1.19. The summed E-state index contributed by atoms with van der Waals surface area (Å²) in [6, 6.07) is 3.40. The molecule has 0 radical (unpaired) electrons. The fourth-order valence-electron chi connectivity index (χ4n) is 1.06. The van der Waals surface area contributed by atoms with Crippen LogP contribution < -0.4 is 4.18 Å². The molecule has 0 amide bonds. The van der Waals surface area contributed by atoms with Crippen LogP contribution in [0.15, 0.2) is 18.2 Å². The number of hydrogen-bond acceptors (Lipinski definition) is 6. The van der Waals surface area contributed by atoms with Gasteiger partial charge in [0.2, 0.25) is 0 Å². The van der Waals surface area contributed by atoms with Gasteiger partial charge in [-0.3, -0.25) is 9.35 Å². The van der Waals surface area contributed by atoms with Crippen molar-refractivity contribution < 1.29 is 31.5 Å². The van der Waals surface area contributed by atoms with Gasteiger partial charge in [0.05, 0.1) is 18.2 Å². The number of esters is 1. The second-order valence-corrected chi connectivity index (χ2v) is 3.90. The first-order valence-electron chi connectivity index (χ1n) is 4.22. The van der Waals surface area contributed by atoms with Gasteiger partial charge in [0.15, 0.2) is 12.0 Å². The van der Waals surface area contributed by atoms with Crippen molar-refractivity contribution in [3.05, 3.63) is 29.3 Å². The van der Waals surface area contributed by atoms with Gasteiger partial charge >= 0.3 is 16.4 Å². The van der Waals surface area contributed by atoms with E-state index in [9.17, 15) is 18.0 Å². The molecule has 1 aromatic carbocycles. The third kappa shape index (κ3) is 3.54.